The smallest absolute Gasteiger partial charge is 0.418 e. The third-order valence-corrected chi connectivity index (χ3v) is 10.2. The molecular formula is C45H49N5O7. The molecule has 2 aliphatic rings. The number of nitrogens with one attached hydrogen (secondary N) is 2. The number of benzene rings is 4. The molecule has 2 heterocycles. The third kappa shape index (κ3) is 9.19. The lowest BCUT2D eigenvalue weighted by Gasteiger charge is -2.34. The van der Waals surface area contributed by atoms with Crippen LogP contribution in [0.1, 0.15) is 49.9 Å². The molecule has 4 aromatic carbocycles. The van der Waals surface area contributed by atoms with Crippen LogP contribution in [0.25, 0.3) is 22.0 Å². The predicted molar refractivity (Wildman–Crippen MR) is 219 cm³/mol. The third-order valence-electron chi connectivity index (χ3n) is 10.2. The Morgan fingerprint density at radius 1 is 0.877 bits per heavy atom. The Labute approximate surface area is 332 Å². The summed E-state index contributed by atoms with van der Waals surface area (Å²) < 4.78 is 18.2. The number of amides is 3. The minimum absolute atomic E-state index is 0.00906. The van der Waals surface area contributed by atoms with Crippen LogP contribution in [-0.2, 0) is 43.2 Å². The number of piperazine rings is 1. The van der Waals surface area contributed by atoms with Crippen LogP contribution in [0, 0.1) is 0 Å². The fourth-order valence-corrected chi connectivity index (χ4v) is 7.43. The van der Waals surface area contributed by atoms with E-state index < -0.39 is 29.7 Å². The fourth-order valence-electron chi connectivity index (χ4n) is 7.43. The van der Waals surface area contributed by atoms with Crippen LogP contribution in [0.15, 0.2) is 97.2 Å². The number of hydrogen-bond acceptors (Lipinski definition) is 8. The van der Waals surface area contributed by atoms with Crippen molar-refractivity contribution in [2.45, 2.75) is 58.8 Å². The van der Waals surface area contributed by atoms with Crippen molar-refractivity contribution in [3.8, 4) is 11.1 Å². The molecule has 0 spiro atoms. The Balaban J connectivity index is 1.07. The van der Waals surface area contributed by atoms with Gasteiger partial charge in [0.25, 0.3) is 0 Å². The number of carbonyl (C=O) groups is 4. The summed E-state index contributed by atoms with van der Waals surface area (Å²) in [5.41, 5.74) is 7.44. The van der Waals surface area contributed by atoms with Crippen molar-refractivity contribution in [3.63, 3.8) is 0 Å². The van der Waals surface area contributed by atoms with Crippen LogP contribution in [0.4, 0.5) is 21.0 Å². The van der Waals surface area contributed by atoms with E-state index >= 15 is 0 Å². The molecule has 1 fully saturated rings. The maximum absolute atomic E-state index is 14.1. The van der Waals surface area contributed by atoms with Crippen molar-refractivity contribution in [2.24, 2.45) is 0 Å². The summed E-state index contributed by atoms with van der Waals surface area (Å²) in [4.78, 5) is 57.5. The van der Waals surface area contributed by atoms with Crippen molar-refractivity contribution in [3.05, 3.63) is 119 Å². The molecule has 296 valence electrons. The van der Waals surface area contributed by atoms with Gasteiger partial charge >= 0.3 is 12.2 Å². The average molecular weight is 772 g/mol. The van der Waals surface area contributed by atoms with E-state index in [1.807, 2.05) is 55.5 Å². The number of rotatable bonds is 12. The second-order valence-electron chi connectivity index (χ2n) is 15.3. The van der Waals surface area contributed by atoms with Crippen LogP contribution in [-0.4, -0.2) is 84.5 Å². The summed E-state index contributed by atoms with van der Waals surface area (Å²) in [6.45, 7) is 10.9. The van der Waals surface area contributed by atoms with Crippen molar-refractivity contribution < 1.29 is 33.4 Å². The highest BCUT2D eigenvalue weighted by atomic mass is 16.6. The van der Waals surface area contributed by atoms with E-state index in [0.717, 1.165) is 40.9 Å². The highest BCUT2D eigenvalue weighted by Gasteiger charge is 2.28. The van der Waals surface area contributed by atoms with Gasteiger partial charge in [-0.3, -0.25) is 19.1 Å². The summed E-state index contributed by atoms with van der Waals surface area (Å²) in [5, 5.41) is 6.42. The van der Waals surface area contributed by atoms with Crippen LogP contribution in [0.2, 0.25) is 0 Å². The van der Waals surface area contributed by atoms with Gasteiger partial charge < -0.3 is 29.7 Å². The van der Waals surface area contributed by atoms with E-state index in [9.17, 15) is 19.2 Å². The summed E-state index contributed by atoms with van der Waals surface area (Å²) in [5.74, 6) is -0.460. The van der Waals surface area contributed by atoms with Gasteiger partial charge in [-0.05, 0) is 97.8 Å². The Morgan fingerprint density at radius 3 is 2.42 bits per heavy atom. The lowest BCUT2D eigenvalue weighted by Crippen LogP contribution is -2.51. The van der Waals surface area contributed by atoms with Crippen LogP contribution >= 0.6 is 0 Å². The molecule has 1 aromatic heterocycles. The molecule has 0 bridgehead atoms. The number of carbonyl (C=O) groups excluding carboxylic acids is 4. The van der Waals surface area contributed by atoms with Crippen LogP contribution in [0.5, 0.6) is 0 Å². The molecule has 12 nitrogen and oxygen atoms in total. The van der Waals surface area contributed by atoms with Gasteiger partial charge in [0.1, 0.15) is 18.2 Å². The molecular weight excluding hydrogens is 723 g/mol. The molecule has 1 aliphatic carbocycles. The van der Waals surface area contributed by atoms with Gasteiger partial charge in [-0.1, -0.05) is 60.7 Å². The molecule has 0 unspecified atom stereocenters. The molecule has 1 saturated heterocycles. The summed E-state index contributed by atoms with van der Waals surface area (Å²) >= 11 is 0. The van der Waals surface area contributed by atoms with Crippen molar-refractivity contribution in [1.82, 2.24) is 14.8 Å². The van der Waals surface area contributed by atoms with Crippen molar-refractivity contribution >= 4 is 46.3 Å². The zero-order valence-electron chi connectivity index (χ0n) is 32.9. The Kier molecular flexibility index (Phi) is 11.7. The maximum Gasteiger partial charge on any atom is 0.418 e. The minimum atomic E-state index is -1.03. The monoisotopic (exact) mass is 771 g/mol. The van der Waals surface area contributed by atoms with Gasteiger partial charge in [-0.25, -0.2) is 9.59 Å². The van der Waals surface area contributed by atoms with E-state index in [4.69, 9.17) is 14.2 Å². The predicted octanol–water partition coefficient (Wildman–Crippen LogP) is 7.16. The first-order valence-electron chi connectivity index (χ1n) is 19.4. The van der Waals surface area contributed by atoms with Gasteiger partial charge in [-0.2, -0.15) is 0 Å². The van der Waals surface area contributed by atoms with E-state index in [2.05, 4.69) is 33.7 Å². The first-order chi connectivity index (χ1) is 27.5. The fraction of sp³-hybridized carbons (Fsp3) is 0.333. The standard InChI is InChI=1S/C45H49N5O7/c1-5-55-25-24-48-22-23-49(41(51)28-48)33-18-16-30(17-19-33)26-39(42(52)46-38-14-9-15-40-36(38)20-21-50(40)44(54)57-45(2,3)4)47-43(53)56-29-32-11-8-13-35-34-12-7-6-10-31(34)27-37(32)35/h6-21,39H,5,22-29H2,1-4H3,(H,46,52)(H,47,53)/t39-/m0/s1. The van der Waals surface area contributed by atoms with Gasteiger partial charge in [0.15, 0.2) is 0 Å². The maximum atomic E-state index is 14.1. The zero-order chi connectivity index (χ0) is 40.1. The first-order valence-corrected chi connectivity index (χ1v) is 19.4. The molecule has 2 N–H and O–H groups in total. The lowest BCUT2D eigenvalue weighted by atomic mass is 10.0. The molecule has 3 amide bonds. The molecule has 12 heteroatoms. The average Bonchev–Trinajstić information content (AvgIpc) is 3.80. The minimum Gasteiger partial charge on any atom is -0.445 e. The van der Waals surface area contributed by atoms with E-state index in [1.165, 1.54) is 15.7 Å². The summed E-state index contributed by atoms with van der Waals surface area (Å²) in [6, 6.07) is 27.7. The lowest BCUT2D eigenvalue weighted by molar-refractivity contribution is -0.121. The van der Waals surface area contributed by atoms with E-state index in [0.29, 0.717) is 49.4 Å². The summed E-state index contributed by atoms with van der Waals surface area (Å²) in [7, 11) is 0. The molecule has 1 aliphatic heterocycles. The second kappa shape index (κ2) is 17.0. The van der Waals surface area contributed by atoms with E-state index in [-0.39, 0.29) is 18.9 Å². The number of alkyl carbamates (subject to hydrolysis) is 1. The van der Waals surface area contributed by atoms with Crippen molar-refractivity contribution in [1.29, 1.82) is 0 Å². The number of ether oxygens (including phenoxy) is 3. The van der Waals surface area contributed by atoms with E-state index in [1.54, 1.807) is 56.1 Å². The Bertz CT molecular complexity index is 2280. The molecule has 5 aromatic rings. The number of nitrogens with zero attached hydrogens (tertiary/aromatic N) is 3. The molecule has 1 atom stereocenters. The van der Waals surface area contributed by atoms with Crippen LogP contribution in [0.3, 0.4) is 0 Å². The SMILES string of the molecule is CCOCCN1CCN(c2ccc(C[C@H](NC(=O)OCc3cccc4c3Cc3ccccc3-4)C(=O)Nc3cccc4c3ccn4C(=O)OC(C)(C)C)cc2)C(=O)C1. The summed E-state index contributed by atoms with van der Waals surface area (Å²) in [6.07, 6.45) is 1.23. The zero-order valence-corrected chi connectivity index (χ0v) is 32.9. The Hall–Kier alpha value is -5.98. The van der Waals surface area contributed by atoms with Gasteiger partial charge in [0.2, 0.25) is 11.8 Å². The van der Waals surface area contributed by atoms with Gasteiger partial charge in [0.05, 0.1) is 24.4 Å². The number of hydrogen-bond donors (Lipinski definition) is 2. The quantitative estimate of drug-likeness (QED) is 0.126. The largest absolute Gasteiger partial charge is 0.445 e. The van der Waals surface area contributed by atoms with Gasteiger partial charge in [0, 0.05) is 49.9 Å². The number of aromatic nitrogens is 1. The first kappa shape index (κ1) is 39.3. The molecule has 0 radical (unpaired) electrons. The number of fused-ring (bicyclic) bond motifs is 4. The van der Waals surface area contributed by atoms with Crippen LogP contribution < -0.4 is 15.5 Å². The Morgan fingerprint density at radius 2 is 1.65 bits per heavy atom. The molecule has 57 heavy (non-hydrogen) atoms. The van der Waals surface area contributed by atoms with Gasteiger partial charge in [-0.15, -0.1) is 0 Å². The molecule has 7 rings (SSSR count). The highest BCUT2D eigenvalue weighted by Crippen LogP contribution is 2.38. The normalized spacial score (nSPS) is 14.5. The second-order valence-corrected chi connectivity index (χ2v) is 15.3. The molecule has 0 saturated carbocycles. The topological polar surface area (TPSA) is 131 Å². The van der Waals surface area contributed by atoms with Crippen molar-refractivity contribution in [2.75, 3.05) is 49.6 Å². The number of anilines is 2. The highest BCUT2D eigenvalue weighted by molar-refractivity contribution is 6.05.